The summed E-state index contributed by atoms with van der Waals surface area (Å²) in [5.74, 6) is 0. The van der Waals surface area contributed by atoms with Gasteiger partial charge in [0.25, 0.3) is 0 Å². The molecule has 3 heteroatoms. The van der Waals surface area contributed by atoms with Crippen LogP contribution >= 0.6 is 0 Å². The molecule has 1 aromatic rings. The van der Waals surface area contributed by atoms with Gasteiger partial charge in [-0.05, 0) is 26.8 Å². The van der Waals surface area contributed by atoms with Gasteiger partial charge in [0, 0.05) is 5.70 Å². The van der Waals surface area contributed by atoms with Crippen molar-refractivity contribution in [2.24, 2.45) is 0 Å². The summed E-state index contributed by atoms with van der Waals surface area (Å²) in [6, 6.07) is 0. The normalized spacial score (nSPS) is 11.4. The van der Waals surface area contributed by atoms with Gasteiger partial charge < -0.3 is 0 Å². The van der Waals surface area contributed by atoms with Gasteiger partial charge in [-0.15, -0.1) is 0 Å². The third-order valence-electron chi connectivity index (χ3n) is 1.44. The van der Waals surface area contributed by atoms with E-state index in [1.807, 2.05) is 13.0 Å². The molecule has 0 radical (unpaired) electrons. The number of nitrogens with zero attached hydrogens (tertiary/aromatic N) is 3. The molecule has 1 aromatic heterocycles. The van der Waals surface area contributed by atoms with E-state index in [2.05, 4.69) is 30.0 Å². The Morgan fingerprint density at radius 3 is 2.50 bits per heavy atom. The zero-order valence-corrected chi connectivity index (χ0v) is 7.65. The molecule has 64 valence electrons. The molecule has 0 bridgehead atoms. The average Bonchev–Trinajstić information content (AvgIpc) is 2.51. The van der Waals surface area contributed by atoms with Gasteiger partial charge in [-0.3, -0.25) is 0 Å². The molecule has 0 aliphatic rings. The highest BCUT2D eigenvalue weighted by atomic mass is 15.3. The SMILES string of the molecule is CC(C)=CC=C(C)n1cncn1. The summed E-state index contributed by atoms with van der Waals surface area (Å²) in [5.41, 5.74) is 2.34. The van der Waals surface area contributed by atoms with E-state index in [0.717, 1.165) is 5.70 Å². The summed E-state index contributed by atoms with van der Waals surface area (Å²) >= 11 is 0. The Morgan fingerprint density at radius 2 is 2.00 bits per heavy atom. The van der Waals surface area contributed by atoms with Gasteiger partial charge in [0.1, 0.15) is 12.7 Å². The van der Waals surface area contributed by atoms with Gasteiger partial charge >= 0.3 is 0 Å². The van der Waals surface area contributed by atoms with Gasteiger partial charge in [0.2, 0.25) is 0 Å². The van der Waals surface area contributed by atoms with Crippen molar-refractivity contribution in [3.05, 3.63) is 30.4 Å². The van der Waals surface area contributed by atoms with E-state index in [9.17, 15) is 0 Å². The first-order valence-electron chi connectivity index (χ1n) is 3.87. The maximum atomic E-state index is 4.00. The number of aromatic nitrogens is 3. The Balaban J connectivity index is 2.78. The summed E-state index contributed by atoms with van der Waals surface area (Å²) < 4.78 is 1.74. The van der Waals surface area contributed by atoms with Crippen LogP contribution < -0.4 is 0 Å². The number of hydrogen-bond donors (Lipinski definition) is 0. The highest BCUT2D eigenvalue weighted by molar-refractivity contribution is 5.43. The highest BCUT2D eigenvalue weighted by Crippen LogP contribution is 2.00. The third-order valence-corrected chi connectivity index (χ3v) is 1.44. The number of rotatable bonds is 2. The third kappa shape index (κ3) is 2.34. The van der Waals surface area contributed by atoms with Crippen molar-refractivity contribution in [2.45, 2.75) is 20.8 Å². The summed E-state index contributed by atoms with van der Waals surface area (Å²) in [6.07, 6.45) is 7.28. The van der Waals surface area contributed by atoms with Crippen LogP contribution in [0.2, 0.25) is 0 Å². The van der Waals surface area contributed by atoms with Crippen molar-refractivity contribution in [3.8, 4) is 0 Å². The standard InChI is InChI=1S/C9H13N3/c1-8(2)4-5-9(3)12-7-10-6-11-12/h4-7H,1-3H3. The van der Waals surface area contributed by atoms with Gasteiger partial charge in [-0.2, -0.15) is 5.10 Å². The van der Waals surface area contributed by atoms with Crippen LogP contribution in [0.5, 0.6) is 0 Å². The van der Waals surface area contributed by atoms with Crippen LogP contribution in [0.15, 0.2) is 30.4 Å². The minimum atomic E-state index is 1.06. The predicted octanol–water partition coefficient (Wildman–Crippen LogP) is 2.11. The number of hydrogen-bond acceptors (Lipinski definition) is 2. The van der Waals surface area contributed by atoms with Gasteiger partial charge in [0.05, 0.1) is 0 Å². The van der Waals surface area contributed by atoms with E-state index >= 15 is 0 Å². The Kier molecular flexibility index (Phi) is 2.80. The van der Waals surface area contributed by atoms with E-state index < -0.39 is 0 Å². The zero-order valence-electron chi connectivity index (χ0n) is 7.65. The van der Waals surface area contributed by atoms with Crippen LogP contribution in [0.25, 0.3) is 5.70 Å². The van der Waals surface area contributed by atoms with Crippen LogP contribution in [-0.4, -0.2) is 14.8 Å². The van der Waals surface area contributed by atoms with Crippen LogP contribution in [0, 0.1) is 0 Å². The van der Waals surface area contributed by atoms with E-state index in [4.69, 9.17) is 0 Å². The van der Waals surface area contributed by atoms with Gasteiger partial charge in [0.15, 0.2) is 0 Å². The smallest absolute Gasteiger partial charge is 0.138 e. The fourth-order valence-electron chi connectivity index (χ4n) is 0.754. The lowest BCUT2D eigenvalue weighted by Gasteiger charge is -1.96. The Hall–Kier alpha value is -1.38. The predicted molar refractivity (Wildman–Crippen MR) is 49.4 cm³/mol. The van der Waals surface area contributed by atoms with Crippen LogP contribution in [0.3, 0.4) is 0 Å². The van der Waals surface area contributed by atoms with Gasteiger partial charge in [-0.25, -0.2) is 9.67 Å². The molecule has 1 rings (SSSR count). The molecule has 0 aliphatic heterocycles. The lowest BCUT2D eigenvalue weighted by atomic mass is 10.3. The largest absolute Gasteiger partial charge is 0.225 e. The van der Waals surface area contributed by atoms with E-state index in [0.29, 0.717) is 0 Å². The molecule has 0 aliphatic carbocycles. The monoisotopic (exact) mass is 163 g/mol. The van der Waals surface area contributed by atoms with Crippen molar-refractivity contribution in [3.63, 3.8) is 0 Å². The van der Waals surface area contributed by atoms with Crippen molar-refractivity contribution >= 4 is 5.70 Å². The molecule has 0 unspecified atom stereocenters. The second-order valence-corrected chi connectivity index (χ2v) is 2.89. The first-order chi connectivity index (χ1) is 5.70. The maximum absolute atomic E-state index is 4.00. The lowest BCUT2D eigenvalue weighted by molar-refractivity contribution is 0.894. The molecule has 0 saturated carbocycles. The minimum Gasteiger partial charge on any atom is -0.225 e. The second kappa shape index (κ2) is 3.85. The van der Waals surface area contributed by atoms with Crippen molar-refractivity contribution in [1.82, 2.24) is 14.8 Å². The first-order valence-corrected chi connectivity index (χ1v) is 3.87. The quantitative estimate of drug-likeness (QED) is 0.625. The van der Waals surface area contributed by atoms with Crippen molar-refractivity contribution in [1.29, 1.82) is 0 Å². The second-order valence-electron chi connectivity index (χ2n) is 2.89. The maximum Gasteiger partial charge on any atom is 0.138 e. The highest BCUT2D eigenvalue weighted by Gasteiger charge is 1.90. The minimum absolute atomic E-state index is 1.06. The summed E-state index contributed by atoms with van der Waals surface area (Å²) in [4.78, 5) is 3.86. The molecule has 0 fully saturated rings. The molecule has 0 spiro atoms. The first kappa shape index (κ1) is 8.71. The van der Waals surface area contributed by atoms with Crippen molar-refractivity contribution < 1.29 is 0 Å². The topological polar surface area (TPSA) is 30.7 Å². The fourth-order valence-corrected chi connectivity index (χ4v) is 0.754. The molecular weight excluding hydrogens is 150 g/mol. The molecule has 0 aromatic carbocycles. The Bertz CT molecular complexity index is 290. The molecule has 12 heavy (non-hydrogen) atoms. The molecule has 3 nitrogen and oxygen atoms in total. The molecular formula is C9H13N3. The molecule has 0 N–H and O–H groups in total. The van der Waals surface area contributed by atoms with E-state index in [-0.39, 0.29) is 0 Å². The zero-order chi connectivity index (χ0) is 8.97. The Labute approximate surface area is 72.4 Å². The van der Waals surface area contributed by atoms with Gasteiger partial charge in [-0.1, -0.05) is 11.6 Å². The fraction of sp³-hybridized carbons (Fsp3) is 0.333. The molecule has 0 atom stereocenters. The van der Waals surface area contributed by atoms with Crippen LogP contribution in [-0.2, 0) is 0 Å². The summed E-state index contributed by atoms with van der Waals surface area (Å²) in [7, 11) is 0. The lowest BCUT2D eigenvalue weighted by Crippen LogP contribution is -1.92. The molecule has 0 saturated heterocycles. The van der Waals surface area contributed by atoms with E-state index in [1.165, 1.54) is 11.9 Å². The summed E-state index contributed by atoms with van der Waals surface area (Å²) in [6.45, 7) is 6.12. The van der Waals surface area contributed by atoms with Crippen LogP contribution in [0.1, 0.15) is 20.8 Å². The molecule has 1 heterocycles. The number of allylic oxidation sites excluding steroid dienone is 4. The van der Waals surface area contributed by atoms with Crippen molar-refractivity contribution in [2.75, 3.05) is 0 Å². The van der Waals surface area contributed by atoms with E-state index in [1.54, 1.807) is 11.0 Å². The average molecular weight is 163 g/mol. The van der Waals surface area contributed by atoms with Crippen LogP contribution in [0.4, 0.5) is 0 Å². The molecule has 0 amide bonds. The summed E-state index contributed by atoms with van der Waals surface area (Å²) in [5, 5.41) is 4.00. The Morgan fingerprint density at radius 1 is 1.25 bits per heavy atom.